The number of benzene rings is 2. The molecule has 1 fully saturated rings. The van der Waals surface area contributed by atoms with E-state index in [0.29, 0.717) is 28.3 Å². The molecule has 0 atom stereocenters. The van der Waals surface area contributed by atoms with Gasteiger partial charge in [-0.3, -0.25) is 14.4 Å². The molecule has 0 bridgehead atoms. The topological polar surface area (TPSA) is 66.5 Å². The zero-order chi connectivity index (χ0) is 19.4. The third-order valence-electron chi connectivity index (χ3n) is 4.99. The van der Waals surface area contributed by atoms with E-state index in [-0.39, 0.29) is 17.6 Å². The number of nitrogens with one attached hydrogen (secondary N) is 1. The smallest absolute Gasteiger partial charge is 0.255 e. The molecule has 0 aromatic heterocycles. The molecule has 0 aliphatic carbocycles. The summed E-state index contributed by atoms with van der Waals surface area (Å²) in [6.45, 7) is 5.23. The minimum absolute atomic E-state index is 0.0220. The van der Waals surface area contributed by atoms with E-state index in [1.54, 1.807) is 48.5 Å². The van der Waals surface area contributed by atoms with E-state index in [1.807, 2.05) is 4.90 Å². The molecule has 1 aliphatic heterocycles. The van der Waals surface area contributed by atoms with Crippen molar-refractivity contribution < 1.29 is 14.4 Å². The van der Waals surface area contributed by atoms with Crippen molar-refractivity contribution >= 4 is 23.3 Å². The second-order valence-corrected chi connectivity index (χ2v) is 7.14. The van der Waals surface area contributed by atoms with Crippen molar-refractivity contribution in [3.8, 4) is 0 Å². The van der Waals surface area contributed by atoms with Gasteiger partial charge in [-0.2, -0.15) is 0 Å². The van der Waals surface area contributed by atoms with Crippen molar-refractivity contribution in [3.63, 3.8) is 0 Å². The number of carbonyl (C=O) groups excluding carboxylic acids is 3. The lowest BCUT2D eigenvalue weighted by molar-refractivity contribution is 0.0697. The molecule has 2 amide bonds. The molecule has 140 valence electrons. The summed E-state index contributed by atoms with van der Waals surface area (Å²) in [5.74, 6) is 0.321. The van der Waals surface area contributed by atoms with Crippen molar-refractivity contribution in [3.05, 3.63) is 65.2 Å². The number of ketones is 1. The standard InChI is InChI=1S/C22H24N2O3/c1-15-10-12-24(13-11-15)22(27)19-5-3-4-18(14-19)21(26)23-20-8-6-17(7-9-20)16(2)25/h3-9,14-15H,10-13H2,1-2H3,(H,23,26). The molecule has 5 heteroatoms. The SMILES string of the molecule is CC(=O)c1ccc(NC(=O)c2cccc(C(=O)N3CCC(C)CC3)c2)cc1. The lowest BCUT2D eigenvalue weighted by atomic mass is 9.98. The monoisotopic (exact) mass is 364 g/mol. The Kier molecular flexibility index (Phi) is 5.69. The molecule has 27 heavy (non-hydrogen) atoms. The van der Waals surface area contributed by atoms with Crippen molar-refractivity contribution in [2.75, 3.05) is 18.4 Å². The van der Waals surface area contributed by atoms with Gasteiger partial charge in [0, 0.05) is 35.5 Å². The van der Waals surface area contributed by atoms with Crippen LogP contribution in [0.1, 0.15) is 57.8 Å². The second-order valence-electron chi connectivity index (χ2n) is 7.14. The minimum atomic E-state index is -0.285. The molecule has 1 aliphatic rings. The summed E-state index contributed by atoms with van der Waals surface area (Å²) >= 11 is 0. The molecular formula is C22H24N2O3. The first-order valence-corrected chi connectivity index (χ1v) is 9.26. The first-order chi connectivity index (χ1) is 12.9. The summed E-state index contributed by atoms with van der Waals surface area (Å²) in [7, 11) is 0. The molecule has 1 heterocycles. The molecule has 5 nitrogen and oxygen atoms in total. The highest BCUT2D eigenvalue weighted by Crippen LogP contribution is 2.19. The first-order valence-electron chi connectivity index (χ1n) is 9.26. The number of rotatable bonds is 4. The van der Waals surface area contributed by atoms with Gasteiger partial charge in [-0.25, -0.2) is 0 Å². The maximum absolute atomic E-state index is 12.7. The lowest BCUT2D eigenvalue weighted by Gasteiger charge is -2.30. The van der Waals surface area contributed by atoms with E-state index in [9.17, 15) is 14.4 Å². The summed E-state index contributed by atoms with van der Waals surface area (Å²) in [5.41, 5.74) is 2.16. The summed E-state index contributed by atoms with van der Waals surface area (Å²) in [6, 6.07) is 13.5. The van der Waals surface area contributed by atoms with Gasteiger partial charge in [-0.1, -0.05) is 13.0 Å². The number of amides is 2. The largest absolute Gasteiger partial charge is 0.339 e. The summed E-state index contributed by atoms with van der Waals surface area (Å²) in [5, 5.41) is 2.80. The number of anilines is 1. The van der Waals surface area contributed by atoms with Gasteiger partial charge >= 0.3 is 0 Å². The molecule has 0 unspecified atom stereocenters. The van der Waals surface area contributed by atoms with Gasteiger partial charge in [0.25, 0.3) is 11.8 Å². The number of piperidine rings is 1. The van der Waals surface area contributed by atoms with E-state index < -0.39 is 0 Å². The zero-order valence-corrected chi connectivity index (χ0v) is 15.7. The Morgan fingerprint density at radius 1 is 0.926 bits per heavy atom. The highest BCUT2D eigenvalue weighted by molar-refractivity contribution is 6.06. The van der Waals surface area contributed by atoms with E-state index in [0.717, 1.165) is 25.9 Å². The normalized spacial score (nSPS) is 14.7. The number of likely N-dealkylation sites (tertiary alicyclic amines) is 1. The molecule has 3 rings (SSSR count). The summed E-state index contributed by atoms with van der Waals surface area (Å²) in [4.78, 5) is 38.4. The van der Waals surface area contributed by atoms with Crippen molar-refractivity contribution in [2.24, 2.45) is 5.92 Å². The van der Waals surface area contributed by atoms with E-state index in [4.69, 9.17) is 0 Å². The molecule has 1 N–H and O–H groups in total. The average Bonchev–Trinajstić information content (AvgIpc) is 2.68. The number of hydrogen-bond acceptors (Lipinski definition) is 3. The van der Waals surface area contributed by atoms with Gasteiger partial charge in [0.05, 0.1) is 0 Å². The first kappa shape index (κ1) is 18.8. The van der Waals surface area contributed by atoms with Gasteiger partial charge in [0.2, 0.25) is 0 Å². The second kappa shape index (κ2) is 8.16. The Morgan fingerprint density at radius 3 is 2.19 bits per heavy atom. The summed E-state index contributed by atoms with van der Waals surface area (Å²) < 4.78 is 0. The Hall–Kier alpha value is -2.95. The van der Waals surface area contributed by atoms with Gasteiger partial charge in [0.15, 0.2) is 5.78 Å². The zero-order valence-electron chi connectivity index (χ0n) is 15.7. The summed E-state index contributed by atoms with van der Waals surface area (Å²) in [6.07, 6.45) is 2.03. The lowest BCUT2D eigenvalue weighted by Crippen LogP contribution is -2.38. The molecule has 2 aromatic rings. The fourth-order valence-electron chi connectivity index (χ4n) is 3.18. The van der Waals surface area contributed by atoms with Crippen LogP contribution in [0.25, 0.3) is 0 Å². The van der Waals surface area contributed by atoms with Crippen LogP contribution in [0.4, 0.5) is 5.69 Å². The van der Waals surface area contributed by atoms with Crippen LogP contribution in [0, 0.1) is 5.92 Å². The fraction of sp³-hybridized carbons (Fsp3) is 0.318. The van der Waals surface area contributed by atoms with Crippen LogP contribution in [0.5, 0.6) is 0 Å². The van der Waals surface area contributed by atoms with Crippen LogP contribution in [0.2, 0.25) is 0 Å². The van der Waals surface area contributed by atoms with Gasteiger partial charge in [0.1, 0.15) is 0 Å². The number of Topliss-reactive ketones (excluding diaryl/α,β-unsaturated/α-hetero) is 1. The van der Waals surface area contributed by atoms with Gasteiger partial charge in [-0.05, 0) is 68.1 Å². The molecule has 2 aromatic carbocycles. The third kappa shape index (κ3) is 4.61. The van der Waals surface area contributed by atoms with Crippen LogP contribution in [0.15, 0.2) is 48.5 Å². The maximum atomic E-state index is 12.7. The molecule has 0 spiro atoms. The highest BCUT2D eigenvalue weighted by atomic mass is 16.2. The molecule has 1 saturated heterocycles. The van der Waals surface area contributed by atoms with Crippen LogP contribution in [-0.4, -0.2) is 35.6 Å². The van der Waals surface area contributed by atoms with Gasteiger partial charge in [-0.15, -0.1) is 0 Å². The highest BCUT2D eigenvalue weighted by Gasteiger charge is 2.22. The Bertz CT molecular complexity index is 850. The van der Waals surface area contributed by atoms with Crippen LogP contribution in [0.3, 0.4) is 0 Å². The van der Waals surface area contributed by atoms with E-state index in [2.05, 4.69) is 12.2 Å². The van der Waals surface area contributed by atoms with Crippen molar-refractivity contribution in [1.82, 2.24) is 4.90 Å². The van der Waals surface area contributed by atoms with Crippen LogP contribution in [-0.2, 0) is 0 Å². The molecule has 0 radical (unpaired) electrons. The van der Waals surface area contributed by atoms with Crippen molar-refractivity contribution in [1.29, 1.82) is 0 Å². The Labute approximate surface area is 159 Å². The van der Waals surface area contributed by atoms with Crippen molar-refractivity contribution in [2.45, 2.75) is 26.7 Å². The number of carbonyl (C=O) groups is 3. The average molecular weight is 364 g/mol. The predicted molar refractivity (Wildman–Crippen MR) is 105 cm³/mol. The minimum Gasteiger partial charge on any atom is -0.339 e. The molecular weight excluding hydrogens is 340 g/mol. The fourth-order valence-corrected chi connectivity index (χ4v) is 3.18. The maximum Gasteiger partial charge on any atom is 0.255 e. The van der Waals surface area contributed by atoms with E-state index in [1.165, 1.54) is 6.92 Å². The van der Waals surface area contributed by atoms with Crippen LogP contribution >= 0.6 is 0 Å². The Morgan fingerprint density at radius 2 is 1.56 bits per heavy atom. The number of nitrogens with zero attached hydrogens (tertiary/aromatic N) is 1. The van der Waals surface area contributed by atoms with Gasteiger partial charge < -0.3 is 10.2 Å². The quantitative estimate of drug-likeness (QED) is 0.834. The number of hydrogen-bond donors (Lipinski definition) is 1. The van der Waals surface area contributed by atoms with E-state index >= 15 is 0 Å². The predicted octanol–water partition coefficient (Wildman–Crippen LogP) is 4.01. The third-order valence-corrected chi connectivity index (χ3v) is 4.99. The Balaban J connectivity index is 1.69. The van der Waals surface area contributed by atoms with Crippen LogP contribution < -0.4 is 5.32 Å². The molecule has 0 saturated carbocycles.